The van der Waals surface area contributed by atoms with Gasteiger partial charge in [0.1, 0.15) is 5.82 Å². The summed E-state index contributed by atoms with van der Waals surface area (Å²) in [5.41, 5.74) is 0.254. The molecule has 0 aliphatic heterocycles. The first kappa shape index (κ1) is 16.3. The minimum Gasteiger partial charge on any atom is -0.356 e. The summed E-state index contributed by atoms with van der Waals surface area (Å²) in [5, 5.41) is 3.05. The Morgan fingerprint density at radius 1 is 1.21 bits per heavy atom. The molecular formula is C14H18Cl2FNO. The number of nitrogens with one attached hydrogen (secondary N) is 1. The zero-order chi connectivity index (χ0) is 14.1. The summed E-state index contributed by atoms with van der Waals surface area (Å²) >= 11 is 11.4. The molecule has 0 saturated heterocycles. The predicted molar refractivity (Wildman–Crippen MR) is 77.3 cm³/mol. The normalized spacial score (nSPS) is 10.5. The molecule has 2 nitrogen and oxygen atoms in total. The second-order valence-electron chi connectivity index (χ2n) is 4.33. The van der Waals surface area contributed by atoms with E-state index in [4.69, 9.17) is 23.2 Å². The zero-order valence-corrected chi connectivity index (χ0v) is 12.2. The maximum absolute atomic E-state index is 13.5. The van der Waals surface area contributed by atoms with Gasteiger partial charge in [0.15, 0.2) is 0 Å². The van der Waals surface area contributed by atoms with Crippen molar-refractivity contribution in [3.8, 4) is 0 Å². The van der Waals surface area contributed by atoms with E-state index in [1.54, 1.807) is 6.07 Å². The fourth-order valence-electron chi connectivity index (χ4n) is 1.73. The van der Waals surface area contributed by atoms with Crippen LogP contribution in [0.25, 0.3) is 0 Å². The van der Waals surface area contributed by atoms with Crippen molar-refractivity contribution in [1.29, 1.82) is 0 Å². The van der Waals surface area contributed by atoms with Crippen molar-refractivity contribution < 1.29 is 9.18 Å². The average molecular weight is 306 g/mol. The Morgan fingerprint density at radius 3 is 2.63 bits per heavy atom. The fraction of sp³-hybridized carbons (Fsp3) is 0.500. The van der Waals surface area contributed by atoms with E-state index in [-0.39, 0.29) is 22.9 Å². The Bertz CT molecular complexity index is 392. The highest BCUT2D eigenvalue weighted by Crippen LogP contribution is 2.19. The monoisotopic (exact) mass is 305 g/mol. The maximum atomic E-state index is 13.5. The van der Waals surface area contributed by atoms with E-state index in [2.05, 4.69) is 5.32 Å². The van der Waals surface area contributed by atoms with E-state index in [1.807, 2.05) is 0 Å². The van der Waals surface area contributed by atoms with Gasteiger partial charge >= 0.3 is 0 Å². The number of hydrogen-bond acceptors (Lipinski definition) is 1. The number of hydrogen-bond donors (Lipinski definition) is 1. The Labute approximate surface area is 123 Å². The van der Waals surface area contributed by atoms with E-state index < -0.39 is 5.82 Å². The van der Waals surface area contributed by atoms with Crippen LogP contribution >= 0.6 is 23.2 Å². The molecule has 106 valence electrons. The van der Waals surface area contributed by atoms with Crippen LogP contribution in [0, 0.1) is 5.82 Å². The van der Waals surface area contributed by atoms with Crippen LogP contribution in [0.4, 0.5) is 4.39 Å². The second kappa shape index (κ2) is 9.16. The molecule has 19 heavy (non-hydrogen) atoms. The minimum absolute atomic E-state index is 0.0206. The number of halogens is 3. The Hall–Kier alpha value is -0.800. The van der Waals surface area contributed by atoms with Crippen LogP contribution in [-0.2, 0) is 11.2 Å². The Balaban J connectivity index is 2.28. The van der Waals surface area contributed by atoms with Crippen LogP contribution in [0.2, 0.25) is 5.02 Å². The molecule has 0 heterocycles. The Morgan fingerprint density at radius 2 is 1.95 bits per heavy atom. The van der Waals surface area contributed by atoms with E-state index in [1.165, 1.54) is 12.1 Å². The summed E-state index contributed by atoms with van der Waals surface area (Å²) in [7, 11) is 0. The number of unbranched alkanes of at least 4 members (excludes halogenated alkanes) is 3. The van der Waals surface area contributed by atoms with Crippen LogP contribution < -0.4 is 5.32 Å². The van der Waals surface area contributed by atoms with Gasteiger partial charge in [0.2, 0.25) is 5.91 Å². The van der Waals surface area contributed by atoms with E-state index >= 15 is 0 Å². The van der Waals surface area contributed by atoms with Crippen LogP contribution in [-0.4, -0.2) is 18.3 Å². The van der Waals surface area contributed by atoms with E-state index in [9.17, 15) is 9.18 Å². The van der Waals surface area contributed by atoms with Gasteiger partial charge in [-0.15, -0.1) is 11.6 Å². The third-order valence-electron chi connectivity index (χ3n) is 2.78. The molecule has 0 unspecified atom stereocenters. The van der Waals surface area contributed by atoms with Gasteiger partial charge in [0.05, 0.1) is 6.42 Å². The lowest BCUT2D eigenvalue weighted by Gasteiger charge is -2.07. The standard InChI is InChI=1S/C14H18Cl2FNO/c15-8-3-1-2-4-9-18-14(19)10-11-12(16)6-5-7-13(11)17/h5-7H,1-4,8-10H2,(H,18,19). The average Bonchev–Trinajstić information content (AvgIpc) is 2.38. The van der Waals surface area contributed by atoms with Gasteiger partial charge < -0.3 is 5.32 Å². The first-order valence-electron chi connectivity index (χ1n) is 6.40. The van der Waals surface area contributed by atoms with Gasteiger partial charge in [-0.05, 0) is 25.0 Å². The first-order valence-corrected chi connectivity index (χ1v) is 7.32. The van der Waals surface area contributed by atoms with Gasteiger partial charge in [-0.3, -0.25) is 4.79 Å². The van der Waals surface area contributed by atoms with Crippen LogP contribution in [0.15, 0.2) is 18.2 Å². The van der Waals surface area contributed by atoms with Gasteiger partial charge in [-0.1, -0.05) is 30.5 Å². The third kappa shape index (κ3) is 6.26. The molecule has 0 radical (unpaired) electrons. The van der Waals surface area contributed by atoms with Gasteiger partial charge in [0.25, 0.3) is 0 Å². The molecule has 1 amide bonds. The molecule has 0 spiro atoms. The van der Waals surface area contributed by atoms with Crippen molar-refractivity contribution >= 4 is 29.1 Å². The summed E-state index contributed by atoms with van der Waals surface area (Å²) in [6.07, 6.45) is 3.99. The van der Waals surface area contributed by atoms with Crippen molar-refractivity contribution in [2.45, 2.75) is 32.1 Å². The summed E-state index contributed by atoms with van der Waals surface area (Å²) in [6.45, 7) is 0.604. The molecule has 0 atom stereocenters. The largest absolute Gasteiger partial charge is 0.356 e. The Kier molecular flexibility index (Phi) is 7.84. The molecule has 0 saturated carbocycles. The highest BCUT2D eigenvalue weighted by molar-refractivity contribution is 6.31. The molecule has 1 rings (SSSR count). The number of carbonyl (C=O) groups excluding carboxylic acids is 1. The molecular weight excluding hydrogens is 288 g/mol. The molecule has 1 aromatic rings. The lowest BCUT2D eigenvalue weighted by atomic mass is 10.1. The maximum Gasteiger partial charge on any atom is 0.224 e. The lowest BCUT2D eigenvalue weighted by molar-refractivity contribution is -0.120. The zero-order valence-electron chi connectivity index (χ0n) is 10.7. The third-order valence-corrected chi connectivity index (χ3v) is 3.40. The fourth-order valence-corrected chi connectivity index (χ4v) is 2.14. The molecule has 5 heteroatoms. The minimum atomic E-state index is -0.440. The number of amides is 1. The summed E-state index contributed by atoms with van der Waals surface area (Å²) in [6, 6.07) is 4.41. The SMILES string of the molecule is O=C(Cc1c(F)cccc1Cl)NCCCCCCCl. The smallest absolute Gasteiger partial charge is 0.224 e. The molecule has 1 aromatic carbocycles. The first-order chi connectivity index (χ1) is 9.15. The highest BCUT2D eigenvalue weighted by Gasteiger charge is 2.11. The second-order valence-corrected chi connectivity index (χ2v) is 5.12. The summed E-state index contributed by atoms with van der Waals surface area (Å²) in [4.78, 5) is 11.6. The van der Waals surface area contributed by atoms with Crippen molar-refractivity contribution in [3.63, 3.8) is 0 Å². The van der Waals surface area contributed by atoms with Gasteiger partial charge in [-0.2, -0.15) is 0 Å². The number of rotatable bonds is 8. The van der Waals surface area contributed by atoms with Gasteiger partial charge in [-0.25, -0.2) is 4.39 Å². The molecule has 0 aliphatic rings. The topological polar surface area (TPSA) is 29.1 Å². The molecule has 0 aliphatic carbocycles. The molecule has 0 fully saturated rings. The number of carbonyl (C=O) groups is 1. The van der Waals surface area contributed by atoms with Crippen LogP contribution in [0.3, 0.4) is 0 Å². The lowest BCUT2D eigenvalue weighted by Crippen LogP contribution is -2.26. The summed E-state index contributed by atoms with van der Waals surface area (Å²) in [5.74, 6) is 0.0344. The molecule has 0 bridgehead atoms. The van der Waals surface area contributed by atoms with Crippen molar-refractivity contribution in [3.05, 3.63) is 34.6 Å². The van der Waals surface area contributed by atoms with Gasteiger partial charge in [0, 0.05) is 23.0 Å². The highest BCUT2D eigenvalue weighted by atomic mass is 35.5. The van der Waals surface area contributed by atoms with Crippen molar-refractivity contribution in [1.82, 2.24) is 5.32 Å². The molecule has 0 aromatic heterocycles. The van der Waals surface area contributed by atoms with Crippen molar-refractivity contribution in [2.24, 2.45) is 0 Å². The number of benzene rings is 1. The summed E-state index contributed by atoms with van der Waals surface area (Å²) < 4.78 is 13.5. The van der Waals surface area contributed by atoms with E-state index in [0.29, 0.717) is 12.4 Å². The van der Waals surface area contributed by atoms with Crippen LogP contribution in [0.5, 0.6) is 0 Å². The predicted octanol–water partition coefficient (Wildman–Crippen LogP) is 3.94. The quantitative estimate of drug-likeness (QED) is 0.572. The van der Waals surface area contributed by atoms with Crippen LogP contribution in [0.1, 0.15) is 31.2 Å². The number of alkyl halides is 1. The van der Waals surface area contributed by atoms with E-state index in [0.717, 1.165) is 25.7 Å². The van der Waals surface area contributed by atoms with Crippen molar-refractivity contribution in [2.75, 3.05) is 12.4 Å². The molecule has 1 N–H and O–H groups in total.